The third-order valence-corrected chi connectivity index (χ3v) is 8.64. The first-order chi connectivity index (χ1) is 22.0. The summed E-state index contributed by atoms with van der Waals surface area (Å²) < 4.78 is 73.2. The van der Waals surface area contributed by atoms with Crippen LogP contribution in [-0.2, 0) is 23.1 Å². The third kappa shape index (κ3) is 6.06. The minimum atomic E-state index is -3.75. The highest BCUT2D eigenvalue weighted by Gasteiger charge is 2.23. The number of hydrogen-bond acceptors (Lipinski definition) is 9. The maximum absolute atomic E-state index is 13.7. The van der Waals surface area contributed by atoms with Crippen LogP contribution in [0.15, 0.2) is 73.3 Å². The molecule has 6 rings (SSSR count). The van der Waals surface area contributed by atoms with Crippen molar-refractivity contribution in [3.8, 4) is 34.2 Å². The number of fused-ring (bicyclic) bond motifs is 2. The number of nitrogens with zero attached hydrogens (tertiary/aromatic N) is 7. The second-order valence-electron chi connectivity index (χ2n) is 10.4. The summed E-state index contributed by atoms with van der Waals surface area (Å²) in [6.45, 7) is -1.51. The van der Waals surface area contributed by atoms with Gasteiger partial charge in [-0.15, -0.1) is 0 Å². The molecule has 0 fully saturated rings. The minimum Gasteiger partial charge on any atom is -0.497 e. The van der Waals surface area contributed by atoms with Crippen LogP contribution >= 0.6 is 0 Å². The van der Waals surface area contributed by atoms with Gasteiger partial charge in [0.25, 0.3) is 0 Å². The summed E-state index contributed by atoms with van der Waals surface area (Å²) in [5.74, 6) is 0.818. The summed E-state index contributed by atoms with van der Waals surface area (Å²) in [5.41, 5.74) is 4.31. The molecule has 0 radical (unpaired) electrons. The van der Waals surface area contributed by atoms with Gasteiger partial charge in [0.05, 0.1) is 49.1 Å². The predicted octanol–water partition coefficient (Wildman–Crippen LogP) is 5.02. The first-order valence-corrected chi connectivity index (χ1v) is 15.8. The van der Waals surface area contributed by atoms with Crippen LogP contribution in [0.3, 0.4) is 0 Å². The SMILES string of the molecule is COc1ccc(CN(Cc2ccc(-n3nc(C)c4cnc(-c5cnn6cccnc56)cc43)c(OC(F)F)c2)S(C)(=O)=O)c(OC)c1. The smallest absolute Gasteiger partial charge is 0.387 e. The second kappa shape index (κ2) is 12.3. The van der Waals surface area contributed by atoms with Gasteiger partial charge in [-0.05, 0) is 42.8 Å². The summed E-state index contributed by atoms with van der Waals surface area (Å²) in [7, 11) is -0.754. The van der Waals surface area contributed by atoms with Gasteiger partial charge in [-0.25, -0.2) is 22.6 Å². The fraction of sp³-hybridized carbons (Fsp3) is 0.226. The van der Waals surface area contributed by atoms with Crippen LogP contribution in [0.1, 0.15) is 16.8 Å². The quantitative estimate of drug-likeness (QED) is 0.190. The number of benzene rings is 2. The molecule has 0 aliphatic rings. The number of aromatic nitrogens is 6. The topological polar surface area (TPSA) is 126 Å². The molecule has 15 heteroatoms. The number of aryl methyl sites for hydroxylation is 1. The molecule has 6 aromatic rings. The van der Waals surface area contributed by atoms with Gasteiger partial charge >= 0.3 is 6.61 Å². The van der Waals surface area contributed by atoms with Gasteiger partial charge in [0, 0.05) is 48.7 Å². The van der Waals surface area contributed by atoms with Crippen LogP contribution in [0, 0.1) is 6.92 Å². The lowest BCUT2D eigenvalue weighted by atomic mass is 10.1. The summed E-state index contributed by atoms with van der Waals surface area (Å²) >= 11 is 0. The lowest BCUT2D eigenvalue weighted by Crippen LogP contribution is -2.29. The Bertz CT molecular complexity index is 2170. The molecule has 12 nitrogen and oxygen atoms in total. The number of halogens is 2. The first kappa shape index (κ1) is 30.9. The third-order valence-electron chi connectivity index (χ3n) is 7.44. The van der Waals surface area contributed by atoms with Gasteiger partial charge in [0.1, 0.15) is 17.2 Å². The van der Waals surface area contributed by atoms with E-state index in [1.165, 1.54) is 29.3 Å². The molecule has 2 aromatic carbocycles. The van der Waals surface area contributed by atoms with Gasteiger partial charge < -0.3 is 14.2 Å². The Morgan fingerprint density at radius 1 is 0.978 bits per heavy atom. The average Bonchev–Trinajstić information content (AvgIpc) is 3.61. The molecule has 0 spiro atoms. The van der Waals surface area contributed by atoms with Crippen molar-refractivity contribution >= 4 is 26.6 Å². The Balaban J connectivity index is 1.39. The van der Waals surface area contributed by atoms with E-state index in [0.717, 1.165) is 6.26 Å². The van der Waals surface area contributed by atoms with Crippen LogP contribution < -0.4 is 14.2 Å². The molecule has 0 saturated heterocycles. The van der Waals surface area contributed by atoms with E-state index in [4.69, 9.17) is 14.2 Å². The number of sulfonamides is 1. The number of alkyl halides is 2. The molecular weight excluding hydrogens is 620 g/mol. The van der Waals surface area contributed by atoms with Crippen LogP contribution in [0.2, 0.25) is 0 Å². The van der Waals surface area contributed by atoms with Gasteiger partial charge in [-0.1, -0.05) is 12.1 Å². The Hall–Kier alpha value is -5.15. The number of ether oxygens (including phenoxy) is 3. The van der Waals surface area contributed by atoms with Crippen LogP contribution in [-0.4, -0.2) is 69.2 Å². The normalized spacial score (nSPS) is 12.0. The van der Waals surface area contributed by atoms with Gasteiger partial charge in [-0.3, -0.25) is 4.98 Å². The van der Waals surface area contributed by atoms with E-state index in [9.17, 15) is 17.2 Å². The molecule has 0 aliphatic heterocycles. The summed E-state index contributed by atoms with van der Waals surface area (Å²) in [6.07, 6.45) is 7.82. The zero-order valence-electron chi connectivity index (χ0n) is 25.3. The Labute approximate surface area is 262 Å². The molecule has 238 valence electrons. The zero-order valence-corrected chi connectivity index (χ0v) is 26.1. The van der Waals surface area contributed by atoms with E-state index in [1.807, 2.05) is 0 Å². The molecule has 4 aromatic heterocycles. The molecule has 0 aliphatic carbocycles. The highest BCUT2D eigenvalue weighted by atomic mass is 32.2. The van der Waals surface area contributed by atoms with E-state index in [2.05, 4.69) is 20.2 Å². The van der Waals surface area contributed by atoms with E-state index in [-0.39, 0.29) is 24.5 Å². The fourth-order valence-electron chi connectivity index (χ4n) is 5.18. The highest BCUT2D eigenvalue weighted by Crippen LogP contribution is 2.33. The van der Waals surface area contributed by atoms with Gasteiger partial charge in [0.15, 0.2) is 11.4 Å². The van der Waals surface area contributed by atoms with E-state index >= 15 is 0 Å². The maximum atomic E-state index is 13.7. The van der Waals surface area contributed by atoms with Crippen molar-refractivity contribution < 1.29 is 31.4 Å². The Morgan fingerprint density at radius 3 is 2.54 bits per heavy atom. The van der Waals surface area contributed by atoms with E-state index in [1.54, 1.807) is 78.7 Å². The fourth-order valence-corrected chi connectivity index (χ4v) is 5.94. The van der Waals surface area contributed by atoms with Crippen molar-refractivity contribution in [3.05, 3.63) is 90.1 Å². The van der Waals surface area contributed by atoms with E-state index in [0.29, 0.717) is 56.1 Å². The summed E-state index contributed by atoms with van der Waals surface area (Å²) in [6, 6.07) is 13.2. The van der Waals surface area contributed by atoms with E-state index < -0.39 is 16.6 Å². The summed E-state index contributed by atoms with van der Waals surface area (Å²) in [5, 5.41) is 9.65. The van der Waals surface area contributed by atoms with Crippen molar-refractivity contribution in [2.45, 2.75) is 26.6 Å². The van der Waals surface area contributed by atoms with Gasteiger partial charge in [-0.2, -0.15) is 23.3 Å². The number of hydrogen-bond donors (Lipinski definition) is 0. The van der Waals surface area contributed by atoms with Crippen LogP contribution in [0.25, 0.3) is 33.5 Å². The minimum absolute atomic E-state index is 0.0318. The van der Waals surface area contributed by atoms with Crippen molar-refractivity contribution in [3.63, 3.8) is 0 Å². The maximum Gasteiger partial charge on any atom is 0.387 e. The average molecular weight is 650 g/mol. The van der Waals surface area contributed by atoms with Gasteiger partial charge in [0.2, 0.25) is 10.0 Å². The largest absolute Gasteiger partial charge is 0.497 e. The number of rotatable bonds is 11. The molecule has 0 atom stereocenters. The second-order valence-corrected chi connectivity index (χ2v) is 12.4. The first-order valence-electron chi connectivity index (χ1n) is 13.9. The molecule has 0 saturated carbocycles. The number of methoxy groups -OCH3 is 2. The molecule has 4 heterocycles. The predicted molar refractivity (Wildman–Crippen MR) is 166 cm³/mol. The van der Waals surface area contributed by atoms with Crippen molar-refractivity contribution in [1.82, 2.24) is 33.7 Å². The summed E-state index contributed by atoms with van der Waals surface area (Å²) in [4.78, 5) is 8.99. The molecule has 0 amide bonds. The van der Waals surface area contributed by atoms with Crippen LogP contribution in [0.4, 0.5) is 8.78 Å². The van der Waals surface area contributed by atoms with Crippen molar-refractivity contribution in [2.75, 3.05) is 20.5 Å². The lowest BCUT2D eigenvalue weighted by Gasteiger charge is -2.22. The molecular formula is C31H29F2N7O5S. The molecule has 46 heavy (non-hydrogen) atoms. The van der Waals surface area contributed by atoms with Crippen molar-refractivity contribution in [1.29, 1.82) is 0 Å². The number of pyridine rings is 1. The monoisotopic (exact) mass is 649 g/mol. The standard InChI is InChI=1S/C31H29F2N7O5S/c1-19-23-15-35-25(24-16-36-39-11-5-10-34-30(24)39)14-27(23)40(37-19)26-9-6-20(12-29(26)45-31(32)33)17-38(46(4,41)42)18-21-7-8-22(43-2)13-28(21)44-3/h5-16,31H,17-18H2,1-4H3. The molecule has 0 unspecified atom stereocenters. The van der Waals surface area contributed by atoms with Crippen LogP contribution in [0.5, 0.6) is 17.2 Å². The highest BCUT2D eigenvalue weighted by molar-refractivity contribution is 7.88. The Morgan fingerprint density at radius 2 is 1.80 bits per heavy atom. The molecule has 0 bridgehead atoms. The lowest BCUT2D eigenvalue weighted by molar-refractivity contribution is -0.0499. The van der Waals surface area contributed by atoms with Crippen molar-refractivity contribution in [2.24, 2.45) is 0 Å². The molecule has 0 N–H and O–H groups in total. The zero-order chi connectivity index (χ0) is 32.6. The Kier molecular flexibility index (Phi) is 8.27.